The fourth-order valence-electron chi connectivity index (χ4n) is 7.29. The third kappa shape index (κ3) is 8.88. The number of methoxy groups -OCH3 is 1. The van der Waals surface area contributed by atoms with Crippen LogP contribution in [0, 0.1) is 17.3 Å². The number of amides is 4. The van der Waals surface area contributed by atoms with Gasteiger partial charge in [0.2, 0.25) is 17.7 Å². The van der Waals surface area contributed by atoms with Crippen LogP contribution >= 0.6 is 27.3 Å². The number of ether oxygens (including phenoxy) is 3. The number of fused-ring (bicyclic) bond motifs is 1. The molecule has 0 radical (unpaired) electrons. The van der Waals surface area contributed by atoms with Gasteiger partial charge in [0.05, 0.1) is 29.3 Å². The number of anilines is 1. The molecule has 1 aliphatic heterocycles. The van der Waals surface area contributed by atoms with Crippen LogP contribution in [-0.2, 0) is 23.9 Å². The zero-order valence-electron chi connectivity index (χ0n) is 32.8. The lowest BCUT2D eigenvalue weighted by Gasteiger charge is -2.35. The van der Waals surface area contributed by atoms with Gasteiger partial charge in [-0.2, -0.15) is 0 Å². The number of pyridine rings is 1. The Balaban J connectivity index is 1.34. The first-order valence-corrected chi connectivity index (χ1v) is 20.7. The van der Waals surface area contributed by atoms with E-state index < -0.39 is 58.9 Å². The van der Waals surface area contributed by atoms with Gasteiger partial charge in [-0.1, -0.05) is 40.7 Å². The molecule has 2 aromatic heterocycles. The highest BCUT2D eigenvalue weighted by Gasteiger charge is 2.61. The van der Waals surface area contributed by atoms with Crippen molar-refractivity contribution in [1.29, 1.82) is 0 Å². The molecule has 3 heterocycles. The number of alkyl carbamates (subject to hydrolysis) is 1. The number of halogens is 1. The number of carbonyl (C=O) groups is 5. The summed E-state index contributed by atoms with van der Waals surface area (Å²) in [5.74, 6) is -2.40. The molecule has 1 saturated heterocycles. The molecule has 0 unspecified atom stereocenters. The van der Waals surface area contributed by atoms with Gasteiger partial charge in [0.1, 0.15) is 47.0 Å². The van der Waals surface area contributed by atoms with Crippen LogP contribution in [0.3, 0.4) is 0 Å². The molecule has 3 aromatic rings. The number of benzene rings is 1. The maximum absolute atomic E-state index is 14.6. The quantitative estimate of drug-likeness (QED) is 0.141. The van der Waals surface area contributed by atoms with Gasteiger partial charge in [-0.15, -0.1) is 17.9 Å². The second-order valence-electron chi connectivity index (χ2n) is 16.2. The molecule has 57 heavy (non-hydrogen) atoms. The number of thiazole rings is 1. The predicted octanol–water partition coefficient (Wildman–Crippen LogP) is 6.30. The summed E-state index contributed by atoms with van der Waals surface area (Å²) in [6.07, 6.45) is 3.37. The molecule has 17 heteroatoms. The van der Waals surface area contributed by atoms with Crippen LogP contribution in [-0.4, -0.2) is 93.2 Å². The van der Waals surface area contributed by atoms with Gasteiger partial charge >= 0.3 is 12.1 Å². The fraction of sp³-hybridized carbons (Fsp3) is 0.525. The number of carboxylic acid groups (broad SMARTS) is 1. The lowest BCUT2D eigenvalue weighted by Crippen LogP contribution is -2.59. The lowest BCUT2D eigenvalue weighted by molar-refractivity contribution is -0.146. The van der Waals surface area contributed by atoms with Crippen molar-refractivity contribution in [3.63, 3.8) is 0 Å². The highest BCUT2D eigenvalue weighted by Crippen LogP contribution is 2.45. The van der Waals surface area contributed by atoms with Crippen molar-refractivity contribution >= 4 is 73.1 Å². The van der Waals surface area contributed by atoms with Crippen molar-refractivity contribution in [2.45, 2.75) is 103 Å². The highest BCUT2D eigenvalue weighted by atomic mass is 79.9. The molecule has 306 valence electrons. The average Bonchev–Trinajstić information content (AvgIpc) is 3.57. The third-order valence-corrected chi connectivity index (χ3v) is 12.2. The monoisotopic (exact) mass is 868 g/mol. The number of likely N-dealkylation sites (tertiary alicyclic amines) is 1. The molecule has 4 N–H and O–H groups in total. The van der Waals surface area contributed by atoms with Gasteiger partial charge in [0.15, 0.2) is 5.13 Å². The Kier molecular flexibility index (Phi) is 12.2. The third-order valence-electron chi connectivity index (χ3n) is 10.7. The zero-order valence-corrected chi connectivity index (χ0v) is 35.3. The molecule has 5 atom stereocenters. The summed E-state index contributed by atoms with van der Waals surface area (Å²) in [6, 6.07) is 3.01. The molecule has 4 amide bonds. The molecule has 1 aromatic carbocycles. The summed E-state index contributed by atoms with van der Waals surface area (Å²) in [7, 11) is 1.54. The van der Waals surface area contributed by atoms with Crippen LogP contribution in [0.15, 0.2) is 40.7 Å². The Hall–Kier alpha value is -4.77. The van der Waals surface area contributed by atoms with Crippen molar-refractivity contribution in [3.8, 4) is 22.9 Å². The topological polar surface area (TPSA) is 198 Å². The van der Waals surface area contributed by atoms with E-state index in [9.17, 15) is 29.1 Å². The van der Waals surface area contributed by atoms with E-state index in [2.05, 4.69) is 43.4 Å². The molecule has 3 aliphatic rings. The fourth-order valence-corrected chi connectivity index (χ4v) is 8.59. The Morgan fingerprint density at radius 2 is 1.81 bits per heavy atom. The minimum atomic E-state index is -1.54. The molecule has 6 rings (SSSR count). The van der Waals surface area contributed by atoms with E-state index in [0.717, 1.165) is 25.7 Å². The average molecular weight is 870 g/mol. The molecule has 3 fully saturated rings. The summed E-state index contributed by atoms with van der Waals surface area (Å²) in [5.41, 5.74) is -0.945. The summed E-state index contributed by atoms with van der Waals surface area (Å²) >= 11 is 4.87. The van der Waals surface area contributed by atoms with E-state index >= 15 is 0 Å². The van der Waals surface area contributed by atoms with Crippen molar-refractivity contribution in [3.05, 3.63) is 40.7 Å². The lowest BCUT2D eigenvalue weighted by atomic mass is 9.85. The molecular formula is C40H49BrN6O9S. The van der Waals surface area contributed by atoms with Gasteiger partial charge in [-0.05, 0) is 65.6 Å². The number of nitrogens with one attached hydrogen (secondary N) is 3. The van der Waals surface area contributed by atoms with Gasteiger partial charge < -0.3 is 40.2 Å². The number of rotatable bonds is 13. The highest BCUT2D eigenvalue weighted by molar-refractivity contribution is 9.10. The largest absolute Gasteiger partial charge is 0.495 e. The second-order valence-corrected chi connectivity index (χ2v) is 17.9. The van der Waals surface area contributed by atoms with Crippen molar-refractivity contribution in [2.75, 3.05) is 19.0 Å². The van der Waals surface area contributed by atoms with Crippen LogP contribution in [0.25, 0.3) is 22.3 Å². The summed E-state index contributed by atoms with van der Waals surface area (Å²) < 4.78 is 18.5. The second kappa shape index (κ2) is 16.6. The van der Waals surface area contributed by atoms with Crippen LogP contribution < -0.4 is 25.4 Å². The Bertz CT molecular complexity index is 2080. The van der Waals surface area contributed by atoms with E-state index in [0.29, 0.717) is 43.4 Å². The number of carboxylic acids is 1. The van der Waals surface area contributed by atoms with E-state index in [1.165, 1.54) is 29.4 Å². The van der Waals surface area contributed by atoms with Gasteiger partial charge in [0.25, 0.3) is 0 Å². The summed E-state index contributed by atoms with van der Waals surface area (Å²) in [6.45, 7) is 12.6. The summed E-state index contributed by atoms with van der Waals surface area (Å²) in [5, 5.41) is 21.2. The van der Waals surface area contributed by atoms with Gasteiger partial charge in [-0.25, -0.2) is 19.6 Å². The number of carbonyl (C=O) groups excluding carboxylic acids is 4. The molecule has 15 nitrogen and oxygen atoms in total. The minimum Gasteiger partial charge on any atom is -0.495 e. The number of hydrogen-bond donors (Lipinski definition) is 4. The molecule has 0 spiro atoms. The first kappa shape index (κ1) is 41.9. The standard InChI is InChI=1S/C40H49BrN6O9S/c1-8-21-17-40(21,36(51)52)46-34(49)27-15-23(18-47(27)35(50)32(39(4,5)6)44-38(53)56-22-11-9-10-12-22)55-29-16-25(26-19-57-37(43-26)45-33(48)20(2)3)42-31-24(29)13-14-28(54-7)30(31)41/h8,13-14,16,19-23,27,32H,1,9-12,15,17-18H2,2-7H3,(H,44,53)(H,46,49)(H,51,52)(H,43,45,48)/t21-,23-,27-,32-,40-/m1/s1. The molecule has 0 bridgehead atoms. The maximum atomic E-state index is 14.6. The van der Waals surface area contributed by atoms with Crippen molar-refractivity contribution in [1.82, 2.24) is 25.5 Å². The molecular weight excluding hydrogens is 820 g/mol. The number of aliphatic carboxylic acids is 1. The molecule has 2 saturated carbocycles. The Morgan fingerprint density at radius 3 is 2.42 bits per heavy atom. The van der Waals surface area contributed by atoms with Gasteiger partial charge in [0, 0.05) is 35.1 Å². The first-order valence-electron chi connectivity index (χ1n) is 19.0. The zero-order chi connectivity index (χ0) is 41.4. The SMILES string of the molecule is C=C[C@@H]1C[C@]1(NC(=O)[C@H]1C[C@@H](Oc2cc(-c3csc(NC(=O)C(C)C)n3)nc3c(Br)c(OC)ccc23)CN1C(=O)[C@@H](NC(=O)OC1CCCC1)C(C)(C)C)C(=O)O. The van der Waals surface area contributed by atoms with E-state index in [4.69, 9.17) is 19.2 Å². The van der Waals surface area contributed by atoms with Crippen LogP contribution in [0.1, 0.15) is 73.1 Å². The van der Waals surface area contributed by atoms with E-state index in [1.807, 2.05) is 0 Å². The normalized spacial score (nSPS) is 22.5. The minimum absolute atomic E-state index is 0.00791. The number of aromatic nitrogens is 2. The van der Waals surface area contributed by atoms with Crippen molar-refractivity contribution < 1.29 is 43.3 Å². The first-order chi connectivity index (χ1) is 26.9. The van der Waals surface area contributed by atoms with Gasteiger partial charge in [-0.3, -0.25) is 14.4 Å². The van der Waals surface area contributed by atoms with Crippen LogP contribution in [0.4, 0.5) is 9.93 Å². The summed E-state index contributed by atoms with van der Waals surface area (Å²) in [4.78, 5) is 77.5. The maximum Gasteiger partial charge on any atom is 0.408 e. The predicted molar refractivity (Wildman–Crippen MR) is 217 cm³/mol. The Labute approximate surface area is 343 Å². The number of hydrogen-bond acceptors (Lipinski definition) is 11. The molecule has 2 aliphatic carbocycles. The van der Waals surface area contributed by atoms with E-state index in [-0.39, 0.29) is 37.3 Å². The van der Waals surface area contributed by atoms with Crippen LogP contribution in [0.2, 0.25) is 0 Å². The number of nitrogens with zero attached hydrogens (tertiary/aromatic N) is 3. The van der Waals surface area contributed by atoms with Crippen molar-refractivity contribution in [2.24, 2.45) is 17.3 Å². The van der Waals surface area contributed by atoms with Crippen LogP contribution in [0.5, 0.6) is 11.5 Å². The van der Waals surface area contributed by atoms with E-state index in [1.54, 1.807) is 58.2 Å². The smallest absolute Gasteiger partial charge is 0.408 e. The Morgan fingerprint density at radius 1 is 1.09 bits per heavy atom.